The van der Waals surface area contributed by atoms with Gasteiger partial charge in [0.1, 0.15) is 11.6 Å². The summed E-state index contributed by atoms with van der Waals surface area (Å²) in [6.45, 7) is 5.14. The van der Waals surface area contributed by atoms with E-state index in [0.717, 1.165) is 49.6 Å². The highest BCUT2D eigenvalue weighted by atomic mass is 16.2. The highest BCUT2D eigenvalue weighted by Gasteiger charge is 2.36. The average molecular weight is 338 g/mol. The van der Waals surface area contributed by atoms with Crippen LogP contribution >= 0.6 is 0 Å². The molecule has 3 heterocycles. The highest BCUT2D eigenvalue weighted by molar-refractivity contribution is 5.80. The van der Waals surface area contributed by atoms with E-state index >= 15 is 0 Å². The zero-order chi connectivity index (χ0) is 17.4. The average Bonchev–Trinajstić information content (AvgIpc) is 3.22. The number of imidazole rings is 1. The fraction of sp³-hybridized carbons (Fsp3) is 0.550. The largest absolute Gasteiger partial charge is 0.334 e. The lowest BCUT2D eigenvalue weighted by Crippen LogP contribution is -2.38. The number of hydrogen-bond acceptors (Lipinski definition) is 3. The molecular formula is C20H26N4O. The summed E-state index contributed by atoms with van der Waals surface area (Å²) in [7, 11) is 0. The van der Waals surface area contributed by atoms with Crippen LogP contribution in [0.4, 0.5) is 0 Å². The van der Waals surface area contributed by atoms with Crippen molar-refractivity contribution < 1.29 is 4.79 Å². The Labute approximate surface area is 149 Å². The molecule has 0 aromatic carbocycles. The van der Waals surface area contributed by atoms with E-state index in [4.69, 9.17) is 4.98 Å². The van der Waals surface area contributed by atoms with E-state index in [1.54, 1.807) is 0 Å². The Balaban J connectivity index is 1.62. The summed E-state index contributed by atoms with van der Waals surface area (Å²) in [5.74, 6) is 2.83. The lowest BCUT2D eigenvalue weighted by molar-refractivity contribution is -0.139. The van der Waals surface area contributed by atoms with E-state index in [2.05, 4.69) is 34.4 Å². The quantitative estimate of drug-likeness (QED) is 0.851. The van der Waals surface area contributed by atoms with Crippen molar-refractivity contribution in [2.45, 2.75) is 57.9 Å². The van der Waals surface area contributed by atoms with Crippen molar-refractivity contribution in [2.24, 2.45) is 5.92 Å². The maximum Gasteiger partial charge on any atom is 0.226 e. The summed E-state index contributed by atoms with van der Waals surface area (Å²) < 4.78 is 2.06. The van der Waals surface area contributed by atoms with E-state index in [9.17, 15) is 4.79 Å². The minimum absolute atomic E-state index is 0.124. The monoisotopic (exact) mass is 338 g/mol. The van der Waals surface area contributed by atoms with Crippen LogP contribution in [-0.2, 0) is 4.79 Å². The van der Waals surface area contributed by atoms with E-state index in [-0.39, 0.29) is 12.0 Å². The van der Waals surface area contributed by atoms with E-state index in [0.29, 0.717) is 11.8 Å². The molecule has 1 atom stereocenters. The first-order valence-corrected chi connectivity index (χ1v) is 9.46. The van der Waals surface area contributed by atoms with Crippen LogP contribution in [0.25, 0.3) is 5.82 Å². The van der Waals surface area contributed by atoms with Crippen LogP contribution in [0.15, 0.2) is 30.6 Å². The second-order valence-corrected chi connectivity index (χ2v) is 7.55. The standard InChI is InChI=1S/C20H26N4O/c1-14(2)19-21-11-13-24(19)18-10-4-8-16(22-18)17-9-5-12-23(17)20(25)15-6-3-7-15/h4,8,10-11,13-15,17H,3,5-7,9,12H2,1-2H3/t17-/m0/s1. The van der Waals surface area contributed by atoms with Crippen LogP contribution in [0.1, 0.15) is 69.4 Å². The number of hydrogen-bond donors (Lipinski definition) is 0. The molecule has 1 saturated heterocycles. The third kappa shape index (κ3) is 2.96. The third-order valence-corrected chi connectivity index (χ3v) is 5.52. The fourth-order valence-electron chi connectivity index (χ4n) is 3.92. The van der Waals surface area contributed by atoms with Gasteiger partial charge in [-0.05, 0) is 37.8 Å². The predicted octanol–water partition coefficient (Wildman–Crippen LogP) is 3.85. The van der Waals surface area contributed by atoms with E-state index < -0.39 is 0 Å². The Kier molecular flexibility index (Phi) is 4.32. The van der Waals surface area contributed by atoms with Gasteiger partial charge in [0.05, 0.1) is 11.7 Å². The molecule has 0 N–H and O–H groups in total. The molecule has 1 aliphatic heterocycles. The normalized spacial score (nSPS) is 20.9. The molecule has 1 aliphatic carbocycles. The number of amides is 1. The van der Waals surface area contributed by atoms with E-state index in [1.165, 1.54) is 6.42 Å². The van der Waals surface area contributed by atoms with Crippen LogP contribution in [0.3, 0.4) is 0 Å². The van der Waals surface area contributed by atoms with Gasteiger partial charge in [0.15, 0.2) is 0 Å². The fourth-order valence-corrected chi connectivity index (χ4v) is 3.92. The number of rotatable bonds is 4. The van der Waals surface area contributed by atoms with Crippen molar-refractivity contribution in [2.75, 3.05) is 6.54 Å². The highest BCUT2D eigenvalue weighted by Crippen LogP contribution is 2.36. The summed E-state index contributed by atoms with van der Waals surface area (Å²) in [4.78, 5) is 24.2. The van der Waals surface area contributed by atoms with Gasteiger partial charge < -0.3 is 4.90 Å². The lowest BCUT2D eigenvalue weighted by Gasteiger charge is -2.32. The van der Waals surface area contributed by atoms with Crippen LogP contribution in [0, 0.1) is 5.92 Å². The van der Waals surface area contributed by atoms with Crippen molar-refractivity contribution >= 4 is 5.91 Å². The van der Waals surface area contributed by atoms with E-state index in [1.807, 2.05) is 24.5 Å². The molecule has 5 nitrogen and oxygen atoms in total. The summed E-state index contributed by atoms with van der Waals surface area (Å²) in [6.07, 6.45) is 9.18. The summed E-state index contributed by atoms with van der Waals surface area (Å²) >= 11 is 0. The lowest BCUT2D eigenvalue weighted by atomic mass is 9.84. The number of carbonyl (C=O) groups excluding carboxylic acids is 1. The minimum Gasteiger partial charge on any atom is -0.334 e. The zero-order valence-corrected chi connectivity index (χ0v) is 15.1. The second kappa shape index (κ2) is 6.62. The molecule has 2 aromatic rings. The van der Waals surface area contributed by atoms with Crippen molar-refractivity contribution in [3.05, 3.63) is 42.1 Å². The topological polar surface area (TPSA) is 51.0 Å². The molecule has 0 spiro atoms. The van der Waals surface area contributed by atoms with Gasteiger partial charge in [-0.15, -0.1) is 0 Å². The molecule has 25 heavy (non-hydrogen) atoms. The molecule has 1 saturated carbocycles. The maximum absolute atomic E-state index is 12.8. The first-order valence-electron chi connectivity index (χ1n) is 9.46. The van der Waals surface area contributed by atoms with Crippen LogP contribution < -0.4 is 0 Å². The maximum atomic E-state index is 12.8. The van der Waals surface area contributed by atoms with Gasteiger partial charge in [0.2, 0.25) is 5.91 Å². The Morgan fingerprint density at radius 2 is 2.04 bits per heavy atom. The van der Waals surface area contributed by atoms with Crippen molar-refractivity contribution in [3.8, 4) is 5.82 Å². The predicted molar refractivity (Wildman–Crippen MR) is 96.5 cm³/mol. The van der Waals surface area contributed by atoms with Crippen LogP contribution in [0.2, 0.25) is 0 Å². The number of aromatic nitrogens is 3. The summed E-state index contributed by atoms with van der Waals surface area (Å²) in [5, 5.41) is 0. The van der Waals surface area contributed by atoms with Crippen molar-refractivity contribution in [3.63, 3.8) is 0 Å². The summed E-state index contributed by atoms with van der Waals surface area (Å²) in [6, 6.07) is 6.25. The molecule has 5 heteroatoms. The molecule has 2 aromatic heterocycles. The molecule has 0 radical (unpaired) electrons. The molecule has 2 aliphatic rings. The second-order valence-electron chi connectivity index (χ2n) is 7.55. The number of carbonyl (C=O) groups is 1. The Bertz CT molecular complexity index is 763. The Hall–Kier alpha value is -2.17. The van der Waals surface area contributed by atoms with Gasteiger partial charge in [0.25, 0.3) is 0 Å². The Morgan fingerprint density at radius 3 is 2.76 bits per heavy atom. The summed E-state index contributed by atoms with van der Waals surface area (Å²) in [5.41, 5.74) is 1.01. The van der Waals surface area contributed by atoms with Gasteiger partial charge in [-0.3, -0.25) is 9.36 Å². The Morgan fingerprint density at radius 1 is 1.20 bits per heavy atom. The molecule has 0 bridgehead atoms. The van der Waals surface area contributed by atoms with Gasteiger partial charge >= 0.3 is 0 Å². The number of pyridine rings is 1. The first kappa shape index (κ1) is 16.3. The SMILES string of the molecule is CC(C)c1nccn1-c1cccc([C@@H]2CCCN2C(=O)C2CCC2)n1. The van der Waals surface area contributed by atoms with Gasteiger partial charge in [0, 0.05) is 30.8 Å². The first-order chi connectivity index (χ1) is 12.1. The number of likely N-dealkylation sites (tertiary alicyclic amines) is 1. The molecule has 4 rings (SSSR count). The molecule has 2 fully saturated rings. The molecular weight excluding hydrogens is 312 g/mol. The van der Waals surface area contributed by atoms with Gasteiger partial charge in [-0.1, -0.05) is 26.3 Å². The van der Waals surface area contributed by atoms with Gasteiger partial charge in [-0.2, -0.15) is 0 Å². The molecule has 0 unspecified atom stereocenters. The van der Waals surface area contributed by atoms with Gasteiger partial charge in [-0.25, -0.2) is 9.97 Å². The van der Waals surface area contributed by atoms with Crippen molar-refractivity contribution in [1.29, 1.82) is 0 Å². The van der Waals surface area contributed by atoms with Crippen LogP contribution in [0.5, 0.6) is 0 Å². The zero-order valence-electron chi connectivity index (χ0n) is 15.1. The number of nitrogens with zero attached hydrogens (tertiary/aromatic N) is 4. The smallest absolute Gasteiger partial charge is 0.226 e. The molecule has 132 valence electrons. The van der Waals surface area contributed by atoms with Crippen LogP contribution in [-0.4, -0.2) is 31.9 Å². The third-order valence-electron chi connectivity index (χ3n) is 5.52. The molecule has 1 amide bonds. The minimum atomic E-state index is 0.124. The van der Waals surface area contributed by atoms with Crippen molar-refractivity contribution in [1.82, 2.24) is 19.4 Å².